The number of hydrogen-bond donors (Lipinski definition) is 1. The molecule has 1 aliphatic rings. The van der Waals surface area contributed by atoms with Gasteiger partial charge in [0.05, 0.1) is 11.1 Å². The van der Waals surface area contributed by atoms with Crippen LogP contribution < -0.4 is 5.32 Å². The molecule has 0 saturated heterocycles. The Morgan fingerprint density at radius 1 is 1.00 bits per heavy atom. The van der Waals surface area contributed by atoms with Crippen LogP contribution in [0, 0.1) is 0 Å². The Hall–Kier alpha value is -3.35. The lowest BCUT2D eigenvalue weighted by atomic mass is 10.1. The van der Waals surface area contributed by atoms with Crippen LogP contribution in [0.1, 0.15) is 38.1 Å². The molecular formula is C17H13N3O4. The van der Waals surface area contributed by atoms with Crippen molar-refractivity contribution >= 4 is 23.6 Å². The second-order valence-corrected chi connectivity index (χ2v) is 5.24. The summed E-state index contributed by atoms with van der Waals surface area (Å²) in [7, 11) is 0. The topological polar surface area (TPSA) is 96.4 Å². The first kappa shape index (κ1) is 15.5. The van der Waals surface area contributed by atoms with E-state index in [-0.39, 0.29) is 16.8 Å². The van der Waals surface area contributed by atoms with E-state index in [4.69, 9.17) is 0 Å². The van der Waals surface area contributed by atoms with Crippen LogP contribution >= 0.6 is 0 Å². The molecule has 0 bridgehead atoms. The molecule has 1 aromatic carbocycles. The smallest absolute Gasteiger partial charge is 0.276 e. The monoisotopic (exact) mass is 323 g/mol. The van der Waals surface area contributed by atoms with Gasteiger partial charge < -0.3 is 0 Å². The summed E-state index contributed by atoms with van der Waals surface area (Å²) in [6.45, 7) is 1.39. The number of rotatable bonds is 3. The van der Waals surface area contributed by atoms with Gasteiger partial charge in [0.1, 0.15) is 11.7 Å². The van der Waals surface area contributed by atoms with E-state index in [2.05, 4.69) is 10.3 Å². The molecule has 1 aliphatic heterocycles. The van der Waals surface area contributed by atoms with E-state index >= 15 is 0 Å². The van der Waals surface area contributed by atoms with E-state index in [9.17, 15) is 19.2 Å². The van der Waals surface area contributed by atoms with Gasteiger partial charge in [-0.15, -0.1) is 0 Å². The van der Waals surface area contributed by atoms with Crippen molar-refractivity contribution in [1.82, 2.24) is 15.2 Å². The number of hydrogen-bond acceptors (Lipinski definition) is 5. The Morgan fingerprint density at radius 3 is 2.12 bits per heavy atom. The number of nitrogens with one attached hydrogen (secondary N) is 1. The molecule has 0 aliphatic carbocycles. The van der Waals surface area contributed by atoms with E-state index in [0.717, 1.165) is 4.90 Å². The van der Waals surface area contributed by atoms with E-state index in [1.54, 1.807) is 24.3 Å². The first-order valence-corrected chi connectivity index (χ1v) is 7.24. The SMILES string of the molecule is CC(C(=O)NC(=O)c1ccccn1)N1C(=O)c2ccccc2C1=O. The van der Waals surface area contributed by atoms with Crippen LogP contribution in [0.4, 0.5) is 0 Å². The Kier molecular flexibility index (Phi) is 3.91. The molecule has 1 unspecified atom stereocenters. The molecule has 7 nitrogen and oxygen atoms in total. The van der Waals surface area contributed by atoms with Gasteiger partial charge in [0, 0.05) is 6.20 Å². The number of aromatic nitrogens is 1. The molecule has 0 saturated carbocycles. The normalized spacial score (nSPS) is 14.3. The molecule has 0 spiro atoms. The van der Waals surface area contributed by atoms with Crippen molar-refractivity contribution in [3.8, 4) is 0 Å². The average molecular weight is 323 g/mol. The quantitative estimate of drug-likeness (QED) is 0.851. The minimum atomic E-state index is -1.12. The van der Waals surface area contributed by atoms with Gasteiger partial charge in [-0.05, 0) is 31.2 Å². The molecule has 1 atom stereocenters. The lowest BCUT2D eigenvalue weighted by Gasteiger charge is -2.21. The third kappa shape index (κ3) is 2.56. The summed E-state index contributed by atoms with van der Waals surface area (Å²) in [5.74, 6) is -2.55. The molecule has 3 rings (SSSR count). The van der Waals surface area contributed by atoms with Crippen molar-refractivity contribution in [2.75, 3.05) is 0 Å². The molecule has 2 aromatic rings. The van der Waals surface area contributed by atoms with E-state index in [0.29, 0.717) is 0 Å². The summed E-state index contributed by atoms with van der Waals surface area (Å²) < 4.78 is 0. The van der Waals surface area contributed by atoms with Crippen LogP contribution in [0.5, 0.6) is 0 Å². The minimum absolute atomic E-state index is 0.0698. The number of imide groups is 2. The highest BCUT2D eigenvalue weighted by Crippen LogP contribution is 2.24. The lowest BCUT2D eigenvalue weighted by molar-refractivity contribution is -0.123. The number of carbonyl (C=O) groups excluding carboxylic acids is 4. The van der Waals surface area contributed by atoms with Gasteiger partial charge in [-0.2, -0.15) is 0 Å². The number of amides is 4. The van der Waals surface area contributed by atoms with Gasteiger partial charge in [0.15, 0.2) is 0 Å². The van der Waals surface area contributed by atoms with Gasteiger partial charge in [0.25, 0.3) is 17.7 Å². The maximum absolute atomic E-state index is 12.3. The lowest BCUT2D eigenvalue weighted by Crippen LogP contribution is -2.49. The zero-order valence-electron chi connectivity index (χ0n) is 12.7. The summed E-state index contributed by atoms with van der Waals surface area (Å²) >= 11 is 0. The zero-order chi connectivity index (χ0) is 17.3. The Bertz CT molecular complexity index is 813. The van der Waals surface area contributed by atoms with Crippen molar-refractivity contribution in [1.29, 1.82) is 0 Å². The highest BCUT2D eigenvalue weighted by Gasteiger charge is 2.40. The Labute approximate surface area is 137 Å². The van der Waals surface area contributed by atoms with Crippen molar-refractivity contribution in [3.63, 3.8) is 0 Å². The molecule has 0 fully saturated rings. The molecule has 2 heterocycles. The molecule has 24 heavy (non-hydrogen) atoms. The van der Waals surface area contributed by atoms with Crippen molar-refractivity contribution < 1.29 is 19.2 Å². The third-order valence-electron chi connectivity index (χ3n) is 3.73. The largest absolute Gasteiger partial charge is 0.289 e. The summed E-state index contributed by atoms with van der Waals surface area (Å²) in [5.41, 5.74) is 0.566. The highest BCUT2D eigenvalue weighted by atomic mass is 16.2. The summed E-state index contributed by atoms with van der Waals surface area (Å²) in [5, 5.41) is 2.15. The van der Waals surface area contributed by atoms with Crippen LogP contribution in [0.2, 0.25) is 0 Å². The van der Waals surface area contributed by atoms with Gasteiger partial charge in [-0.1, -0.05) is 18.2 Å². The van der Waals surface area contributed by atoms with Crippen LogP contribution in [0.3, 0.4) is 0 Å². The van der Waals surface area contributed by atoms with Crippen LogP contribution in [-0.4, -0.2) is 39.6 Å². The fourth-order valence-electron chi connectivity index (χ4n) is 2.45. The average Bonchev–Trinajstić information content (AvgIpc) is 2.86. The van der Waals surface area contributed by atoms with E-state index in [1.165, 1.54) is 31.3 Å². The van der Waals surface area contributed by atoms with Crippen LogP contribution in [0.15, 0.2) is 48.7 Å². The predicted molar refractivity (Wildman–Crippen MR) is 83.1 cm³/mol. The summed E-state index contributed by atoms with van der Waals surface area (Å²) in [6.07, 6.45) is 1.42. The second kappa shape index (κ2) is 6.04. The summed E-state index contributed by atoms with van der Waals surface area (Å²) in [6, 6.07) is 9.92. The highest BCUT2D eigenvalue weighted by molar-refractivity contribution is 6.23. The van der Waals surface area contributed by atoms with Gasteiger partial charge in [0.2, 0.25) is 5.91 Å². The number of fused-ring (bicyclic) bond motifs is 1. The molecule has 1 N–H and O–H groups in total. The Balaban J connectivity index is 1.76. The van der Waals surface area contributed by atoms with Gasteiger partial charge >= 0.3 is 0 Å². The van der Waals surface area contributed by atoms with Crippen molar-refractivity contribution in [2.24, 2.45) is 0 Å². The van der Waals surface area contributed by atoms with Crippen molar-refractivity contribution in [3.05, 3.63) is 65.5 Å². The maximum atomic E-state index is 12.3. The zero-order valence-corrected chi connectivity index (χ0v) is 12.7. The Morgan fingerprint density at radius 2 is 1.58 bits per heavy atom. The molecule has 7 heteroatoms. The second-order valence-electron chi connectivity index (χ2n) is 5.24. The predicted octanol–water partition coefficient (Wildman–Crippen LogP) is 1.02. The third-order valence-corrected chi connectivity index (χ3v) is 3.73. The first-order chi connectivity index (χ1) is 11.5. The molecule has 0 radical (unpaired) electrons. The standard InChI is InChI=1S/C17H13N3O4/c1-10(14(21)19-15(22)13-8-4-5-9-18-13)20-16(23)11-6-2-3-7-12(11)17(20)24/h2-10H,1H3,(H,19,21,22). The van der Waals surface area contributed by atoms with Crippen LogP contribution in [0.25, 0.3) is 0 Å². The summed E-state index contributed by atoms with van der Waals surface area (Å²) in [4.78, 5) is 53.6. The fraction of sp³-hybridized carbons (Fsp3) is 0.118. The van der Waals surface area contributed by atoms with Crippen LogP contribution in [-0.2, 0) is 4.79 Å². The van der Waals surface area contributed by atoms with E-state index < -0.39 is 29.7 Å². The first-order valence-electron chi connectivity index (χ1n) is 7.24. The minimum Gasteiger partial charge on any atom is -0.289 e. The number of carbonyl (C=O) groups is 4. The number of pyridine rings is 1. The number of nitrogens with zero attached hydrogens (tertiary/aromatic N) is 2. The molecule has 4 amide bonds. The van der Waals surface area contributed by atoms with E-state index in [1.807, 2.05) is 0 Å². The van der Waals surface area contributed by atoms with Gasteiger partial charge in [-0.25, -0.2) is 0 Å². The molecule has 120 valence electrons. The van der Waals surface area contributed by atoms with Crippen molar-refractivity contribution in [2.45, 2.75) is 13.0 Å². The molecule has 1 aromatic heterocycles. The molecular weight excluding hydrogens is 310 g/mol. The van der Waals surface area contributed by atoms with Gasteiger partial charge in [-0.3, -0.25) is 34.4 Å². The number of benzene rings is 1. The maximum Gasteiger partial charge on any atom is 0.276 e. The fourth-order valence-corrected chi connectivity index (χ4v) is 2.45.